The van der Waals surface area contributed by atoms with E-state index in [1.54, 1.807) is 22.3 Å². The molecule has 110 valence electrons. The van der Waals surface area contributed by atoms with Crippen LogP contribution < -0.4 is 24.8 Å². The second-order valence-corrected chi connectivity index (χ2v) is 8.98. The van der Waals surface area contributed by atoms with Crippen molar-refractivity contribution in [1.29, 1.82) is 0 Å². The van der Waals surface area contributed by atoms with Gasteiger partial charge >= 0.3 is 124 Å². The van der Waals surface area contributed by atoms with Crippen LogP contribution in [0.25, 0.3) is 0 Å². The molecule has 0 saturated heterocycles. The quantitative estimate of drug-likeness (QED) is 0.599. The Morgan fingerprint density at radius 1 is 1.15 bits per heavy atom. The Kier molecular flexibility index (Phi) is 8.95. The van der Waals surface area contributed by atoms with Gasteiger partial charge in [0.1, 0.15) is 0 Å². The molecule has 0 aromatic carbocycles. The predicted octanol–water partition coefficient (Wildman–Crippen LogP) is -0.649. The number of allylic oxidation sites excluding steroid dienone is 8. The van der Waals surface area contributed by atoms with Gasteiger partial charge in [-0.3, -0.25) is 0 Å². The summed E-state index contributed by atoms with van der Waals surface area (Å²) >= 11 is -0.522. The monoisotopic (exact) mass is 388 g/mol. The number of halogens is 2. The first-order chi connectivity index (χ1) is 8.56. The molecule has 0 amide bonds. The molecule has 0 aliphatic heterocycles. The van der Waals surface area contributed by atoms with E-state index in [1.165, 1.54) is 19.3 Å². The second-order valence-electron chi connectivity index (χ2n) is 5.55. The van der Waals surface area contributed by atoms with Crippen molar-refractivity contribution < 1.29 is 48.0 Å². The fourth-order valence-electron chi connectivity index (χ4n) is 2.91. The molecule has 0 spiro atoms. The van der Waals surface area contributed by atoms with E-state index in [4.69, 9.17) is 0 Å². The van der Waals surface area contributed by atoms with Gasteiger partial charge in [0, 0.05) is 0 Å². The van der Waals surface area contributed by atoms with Gasteiger partial charge in [0.25, 0.3) is 0 Å². The molecule has 20 heavy (non-hydrogen) atoms. The number of hydrogen-bond acceptors (Lipinski definition) is 0. The molecule has 0 radical (unpaired) electrons. The second kappa shape index (κ2) is 8.77. The van der Waals surface area contributed by atoms with Gasteiger partial charge in [0.05, 0.1) is 0 Å². The molecule has 0 fully saturated rings. The summed E-state index contributed by atoms with van der Waals surface area (Å²) in [5.74, 6) is 0.729. The fourth-order valence-corrected chi connectivity index (χ4v) is 7.15. The minimum Gasteiger partial charge on any atom is -1.00 e. The van der Waals surface area contributed by atoms with E-state index in [0.717, 1.165) is 5.92 Å². The van der Waals surface area contributed by atoms with Crippen LogP contribution in [0.15, 0.2) is 41.0 Å². The van der Waals surface area contributed by atoms with E-state index in [2.05, 4.69) is 46.8 Å². The summed E-state index contributed by atoms with van der Waals surface area (Å²) in [5.41, 5.74) is 6.50. The van der Waals surface area contributed by atoms with E-state index in [1.807, 2.05) is 6.56 Å². The van der Waals surface area contributed by atoms with Crippen LogP contribution in [0.3, 0.4) is 0 Å². The first kappa shape index (κ1) is 20.4. The summed E-state index contributed by atoms with van der Waals surface area (Å²) in [4.78, 5) is 0. The zero-order valence-corrected chi connectivity index (χ0v) is 17.1. The Balaban J connectivity index is 0.00000180. The molecular formula is C17H24Cl2Zr. The third kappa shape index (κ3) is 3.99. The van der Waals surface area contributed by atoms with Gasteiger partial charge in [-0.05, 0) is 0 Å². The van der Waals surface area contributed by atoms with Crippen molar-refractivity contribution in [3.8, 4) is 0 Å². The summed E-state index contributed by atoms with van der Waals surface area (Å²) in [6.45, 7) is 11.7. The Morgan fingerprint density at radius 2 is 1.80 bits per heavy atom. The van der Waals surface area contributed by atoms with E-state index in [-0.39, 0.29) is 24.8 Å². The van der Waals surface area contributed by atoms with Crippen LogP contribution in [0.2, 0.25) is 0 Å². The largest absolute Gasteiger partial charge is 1.00 e. The number of hydrogen-bond donors (Lipinski definition) is 0. The summed E-state index contributed by atoms with van der Waals surface area (Å²) < 4.78 is 3.67. The Hall–Kier alpha value is 0.423. The van der Waals surface area contributed by atoms with Crippen molar-refractivity contribution in [3.05, 3.63) is 41.0 Å². The molecule has 0 aromatic heterocycles. The third-order valence-corrected chi connectivity index (χ3v) is 9.16. The molecule has 1 unspecified atom stereocenters. The summed E-state index contributed by atoms with van der Waals surface area (Å²) in [7, 11) is 0. The molecule has 2 aliphatic carbocycles. The Labute approximate surface area is 148 Å². The van der Waals surface area contributed by atoms with Gasteiger partial charge < -0.3 is 24.8 Å². The molecule has 0 heterocycles. The van der Waals surface area contributed by atoms with Gasteiger partial charge in [-0.1, -0.05) is 0 Å². The van der Waals surface area contributed by atoms with Crippen LogP contribution in [-0.4, -0.2) is 0 Å². The van der Waals surface area contributed by atoms with Crippen LogP contribution in [0.4, 0.5) is 0 Å². The van der Waals surface area contributed by atoms with Crippen molar-refractivity contribution >= 4 is 0 Å². The molecule has 0 nitrogen and oxygen atoms in total. The van der Waals surface area contributed by atoms with Gasteiger partial charge in [0.2, 0.25) is 0 Å². The Morgan fingerprint density at radius 3 is 2.30 bits per heavy atom. The molecule has 2 aliphatic rings. The van der Waals surface area contributed by atoms with E-state index in [0.29, 0.717) is 0 Å². The first-order valence-electron chi connectivity index (χ1n) is 7.10. The van der Waals surface area contributed by atoms with Crippen LogP contribution in [0, 0.1) is 5.92 Å². The molecule has 0 aromatic rings. The van der Waals surface area contributed by atoms with Crippen LogP contribution in [-0.2, 0) is 23.2 Å². The zero-order chi connectivity index (χ0) is 13.3. The van der Waals surface area contributed by atoms with Crippen LogP contribution in [0.5, 0.6) is 0 Å². The molecule has 0 saturated carbocycles. The molecule has 2 rings (SSSR count). The van der Waals surface area contributed by atoms with Crippen molar-refractivity contribution in [3.63, 3.8) is 0 Å². The van der Waals surface area contributed by atoms with Crippen molar-refractivity contribution in [2.75, 3.05) is 0 Å². The summed E-state index contributed by atoms with van der Waals surface area (Å²) in [5, 5.41) is 0. The van der Waals surface area contributed by atoms with E-state index >= 15 is 0 Å². The van der Waals surface area contributed by atoms with Gasteiger partial charge in [0.15, 0.2) is 0 Å². The fraction of sp³-hybridized carbons (Fsp3) is 0.529. The van der Waals surface area contributed by atoms with Crippen molar-refractivity contribution in [2.45, 2.75) is 53.9 Å². The first-order valence-corrected chi connectivity index (χ1v) is 9.56. The summed E-state index contributed by atoms with van der Waals surface area (Å²) in [6, 6.07) is 0. The average Bonchev–Trinajstić information content (AvgIpc) is 2.86. The smallest absolute Gasteiger partial charge is 1.00 e. The number of rotatable bonds is 4. The summed E-state index contributed by atoms with van der Waals surface area (Å²) in [6.07, 6.45) is 8.60. The minimum atomic E-state index is -0.522. The average molecular weight is 391 g/mol. The van der Waals surface area contributed by atoms with Gasteiger partial charge in [-0.15, -0.1) is 0 Å². The topological polar surface area (TPSA) is 0 Å². The van der Waals surface area contributed by atoms with E-state index < -0.39 is 23.2 Å². The van der Waals surface area contributed by atoms with Crippen molar-refractivity contribution in [1.82, 2.24) is 0 Å². The maximum absolute atomic E-state index is 2.41. The van der Waals surface area contributed by atoms with Crippen molar-refractivity contribution in [2.24, 2.45) is 5.92 Å². The zero-order valence-electron chi connectivity index (χ0n) is 13.1. The Bertz CT molecular complexity index is 481. The molecular weight excluding hydrogens is 366 g/mol. The maximum atomic E-state index is 2.41. The van der Waals surface area contributed by atoms with Crippen LogP contribution >= 0.6 is 0 Å². The normalized spacial score (nSPS) is 21.1. The third-order valence-electron chi connectivity index (χ3n) is 4.47. The SMILES string of the molecule is CCCC1=[C]([Zr+2][C]2=C(C)C(C)=C(C)C2C)CC=C1.[Cl-].[Cl-]. The van der Waals surface area contributed by atoms with Gasteiger partial charge in [-0.25, -0.2) is 0 Å². The minimum absolute atomic E-state index is 0. The predicted molar refractivity (Wildman–Crippen MR) is 75.9 cm³/mol. The molecule has 0 N–H and O–H groups in total. The maximum Gasteiger partial charge on any atom is -1.00 e. The molecule has 1 atom stereocenters. The molecule has 0 bridgehead atoms. The van der Waals surface area contributed by atoms with E-state index in [9.17, 15) is 0 Å². The van der Waals surface area contributed by atoms with Gasteiger partial charge in [-0.2, -0.15) is 0 Å². The standard InChI is InChI=1S/C9H13.C8H11.2ClH.Zr/c1-6-5-7(2)9(4)8(6)3;1-2-5-8-6-3-4-7-8;;;/h6H,1-4H3;3,6H,2,4-5H2,1H3;2*1H;/q;;;;+2/p-2. The molecule has 3 heteroatoms. The van der Waals surface area contributed by atoms with Crippen LogP contribution in [0.1, 0.15) is 53.9 Å².